The number of hydrogen-bond acceptors (Lipinski definition) is 6. The molecule has 0 saturated heterocycles. The summed E-state index contributed by atoms with van der Waals surface area (Å²) in [5, 5.41) is 0. The topological polar surface area (TPSA) is 113 Å². The van der Waals surface area contributed by atoms with Gasteiger partial charge in [0.05, 0.1) is 5.69 Å². The summed E-state index contributed by atoms with van der Waals surface area (Å²) < 4.78 is 61.1. The van der Waals surface area contributed by atoms with Gasteiger partial charge in [0, 0.05) is 5.69 Å². The van der Waals surface area contributed by atoms with Gasteiger partial charge in [-0.15, -0.1) is 3.89 Å². The third-order valence-corrected chi connectivity index (χ3v) is 6.27. The molecular formula is C10H9FN2O5S3. The lowest BCUT2D eigenvalue weighted by atomic mass is 10.3. The lowest BCUT2D eigenvalue weighted by Crippen LogP contribution is -2.14. The molecule has 0 aliphatic heterocycles. The van der Waals surface area contributed by atoms with Gasteiger partial charge in [-0.3, -0.25) is 9.52 Å². The molecule has 1 heterocycles. The van der Waals surface area contributed by atoms with Crippen LogP contribution in [0.4, 0.5) is 9.57 Å². The molecule has 1 aromatic heterocycles. The summed E-state index contributed by atoms with van der Waals surface area (Å²) in [5.41, 5.74) is -0.321. The number of anilines is 1. The van der Waals surface area contributed by atoms with Crippen molar-refractivity contribution in [3.05, 3.63) is 39.6 Å². The van der Waals surface area contributed by atoms with Crippen LogP contribution >= 0.6 is 11.3 Å². The number of aryl methyl sites for hydroxylation is 1. The molecule has 7 nitrogen and oxygen atoms in total. The Balaban J connectivity index is 2.53. The van der Waals surface area contributed by atoms with E-state index in [4.69, 9.17) is 0 Å². The molecule has 11 heteroatoms. The van der Waals surface area contributed by atoms with Gasteiger partial charge >= 0.3 is 15.1 Å². The molecule has 114 valence electrons. The number of H-pyrrole nitrogens is 1. The highest BCUT2D eigenvalue weighted by Crippen LogP contribution is 2.26. The van der Waals surface area contributed by atoms with Crippen LogP contribution in [0.2, 0.25) is 0 Å². The number of para-hydroxylation sites is 1. The number of aromatic nitrogens is 1. The number of hydrogen-bond donors (Lipinski definition) is 2. The van der Waals surface area contributed by atoms with E-state index < -0.39 is 35.7 Å². The van der Waals surface area contributed by atoms with Crippen molar-refractivity contribution in [3.8, 4) is 0 Å². The predicted molar refractivity (Wildman–Crippen MR) is 75.2 cm³/mol. The maximum Gasteiger partial charge on any atom is 0.334 e. The summed E-state index contributed by atoms with van der Waals surface area (Å²) in [5.74, 6) is 0. The van der Waals surface area contributed by atoms with Crippen LogP contribution in [0.1, 0.15) is 5.69 Å². The van der Waals surface area contributed by atoms with E-state index in [1.807, 2.05) is 4.72 Å². The highest BCUT2D eigenvalue weighted by atomic mass is 32.3. The molecule has 2 rings (SSSR count). The second kappa shape index (κ2) is 5.24. The Hall–Kier alpha value is -1.72. The minimum atomic E-state index is -5.09. The molecule has 2 N–H and O–H groups in total. The number of rotatable bonds is 4. The number of nitrogens with one attached hydrogen (secondary N) is 2. The molecule has 1 aromatic carbocycles. The maximum absolute atomic E-state index is 13.1. The smallest absolute Gasteiger partial charge is 0.315 e. The molecule has 0 aliphatic rings. The number of halogens is 1. The standard InChI is InChI=1S/C10H9FN2O5S3/c1-6-9(19-10(14)12-6)21(17,18)13-7-4-2-3-5-8(7)20(11,15)16/h2-5,13H,1H3,(H,12,14). The summed E-state index contributed by atoms with van der Waals surface area (Å²) in [6.45, 7) is 1.38. The van der Waals surface area contributed by atoms with Crippen molar-refractivity contribution >= 4 is 37.3 Å². The third-order valence-electron chi connectivity index (χ3n) is 2.42. The molecule has 2 aromatic rings. The SMILES string of the molecule is Cc1[nH]c(=O)sc1S(=O)(=O)Nc1ccccc1S(=O)(=O)F. The highest BCUT2D eigenvalue weighted by molar-refractivity contribution is 7.94. The average molecular weight is 352 g/mol. The fourth-order valence-electron chi connectivity index (χ4n) is 1.60. The molecule has 0 unspecified atom stereocenters. The molecule has 0 amide bonds. The number of thiazole rings is 1. The molecule has 0 fully saturated rings. The monoisotopic (exact) mass is 352 g/mol. The Labute approximate surface area is 123 Å². The highest BCUT2D eigenvalue weighted by Gasteiger charge is 2.24. The maximum atomic E-state index is 13.1. The minimum Gasteiger partial charge on any atom is -0.315 e. The Morgan fingerprint density at radius 3 is 2.33 bits per heavy atom. The summed E-state index contributed by atoms with van der Waals surface area (Å²) in [7, 11) is -9.29. The third kappa shape index (κ3) is 3.31. The molecule has 0 aliphatic carbocycles. The van der Waals surface area contributed by atoms with E-state index in [0.717, 1.165) is 12.1 Å². The van der Waals surface area contributed by atoms with Gasteiger partial charge in [0.15, 0.2) is 4.21 Å². The van der Waals surface area contributed by atoms with Crippen molar-refractivity contribution < 1.29 is 20.7 Å². The van der Waals surface area contributed by atoms with Gasteiger partial charge in [-0.2, -0.15) is 8.42 Å². The van der Waals surface area contributed by atoms with E-state index in [0.29, 0.717) is 11.3 Å². The van der Waals surface area contributed by atoms with Gasteiger partial charge in [-0.25, -0.2) is 8.42 Å². The van der Waals surface area contributed by atoms with Crippen LogP contribution in [0, 0.1) is 6.92 Å². The van der Waals surface area contributed by atoms with E-state index in [1.54, 1.807) is 0 Å². The molecule has 0 saturated carbocycles. The minimum absolute atomic E-state index is 0.109. The van der Waals surface area contributed by atoms with Crippen LogP contribution < -0.4 is 9.60 Å². The summed E-state index contributed by atoms with van der Waals surface area (Å²) in [6.07, 6.45) is 0. The lowest BCUT2D eigenvalue weighted by Gasteiger charge is -2.09. The zero-order chi connectivity index (χ0) is 15.8. The second-order valence-corrected chi connectivity index (χ2v) is 8.14. The van der Waals surface area contributed by atoms with Gasteiger partial charge in [0.1, 0.15) is 4.90 Å². The lowest BCUT2D eigenvalue weighted by molar-refractivity contribution is 0.552. The van der Waals surface area contributed by atoms with Crippen molar-refractivity contribution in [2.75, 3.05) is 4.72 Å². The Morgan fingerprint density at radius 2 is 1.81 bits per heavy atom. The molecule has 0 radical (unpaired) electrons. The van der Waals surface area contributed by atoms with Crippen molar-refractivity contribution in [1.29, 1.82) is 0 Å². The van der Waals surface area contributed by atoms with Crippen molar-refractivity contribution in [2.24, 2.45) is 0 Å². The van der Waals surface area contributed by atoms with Crippen LogP contribution in [-0.4, -0.2) is 21.8 Å². The zero-order valence-corrected chi connectivity index (χ0v) is 12.9. The van der Waals surface area contributed by atoms with Gasteiger partial charge < -0.3 is 4.98 Å². The van der Waals surface area contributed by atoms with E-state index in [1.165, 1.54) is 19.1 Å². The summed E-state index contributed by atoms with van der Waals surface area (Å²) in [6, 6.07) is 4.64. The van der Waals surface area contributed by atoms with E-state index in [9.17, 15) is 25.5 Å². The predicted octanol–water partition coefficient (Wildman–Crippen LogP) is 1.20. The number of aromatic amines is 1. The van der Waals surface area contributed by atoms with Gasteiger partial charge in [-0.1, -0.05) is 23.5 Å². The Bertz CT molecular complexity index is 943. The quantitative estimate of drug-likeness (QED) is 0.803. The fraction of sp³-hybridized carbons (Fsp3) is 0.100. The normalized spacial score (nSPS) is 12.3. The largest absolute Gasteiger partial charge is 0.334 e. The van der Waals surface area contributed by atoms with E-state index in [-0.39, 0.29) is 9.90 Å². The van der Waals surface area contributed by atoms with Gasteiger partial charge in [0.25, 0.3) is 10.0 Å². The average Bonchev–Trinajstić information content (AvgIpc) is 2.68. The van der Waals surface area contributed by atoms with Crippen molar-refractivity contribution in [1.82, 2.24) is 4.98 Å². The van der Waals surface area contributed by atoms with Crippen molar-refractivity contribution in [3.63, 3.8) is 0 Å². The van der Waals surface area contributed by atoms with Crippen LogP contribution in [0.15, 0.2) is 38.2 Å². The zero-order valence-electron chi connectivity index (χ0n) is 10.5. The Morgan fingerprint density at radius 1 is 1.19 bits per heavy atom. The van der Waals surface area contributed by atoms with Crippen LogP contribution in [0.5, 0.6) is 0 Å². The molecule has 0 atom stereocenters. The Kier molecular flexibility index (Phi) is 3.91. The first-order chi connectivity index (χ1) is 9.61. The van der Waals surface area contributed by atoms with E-state index >= 15 is 0 Å². The first-order valence-corrected chi connectivity index (χ1v) is 9.06. The first kappa shape index (κ1) is 15.7. The van der Waals surface area contributed by atoms with Crippen LogP contribution in [-0.2, 0) is 20.2 Å². The molecular weight excluding hydrogens is 343 g/mol. The summed E-state index contributed by atoms with van der Waals surface area (Å²) in [4.78, 5) is 12.1. The summed E-state index contributed by atoms with van der Waals surface area (Å²) >= 11 is 0.449. The first-order valence-electron chi connectivity index (χ1n) is 5.37. The van der Waals surface area contributed by atoms with Gasteiger partial charge in [-0.05, 0) is 19.1 Å². The second-order valence-electron chi connectivity index (χ2n) is 3.97. The molecule has 21 heavy (non-hydrogen) atoms. The molecule has 0 spiro atoms. The van der Waals surface area contributed by atoms with Gasteiger partial charge in [0.2, 0.25) is 0 Å². The fourth-order valence-corrected chi connectivity index (χ4v) is 4.67. The van der Waals surface area contributed by atoms with Crippen LogP contribution in [0.25, 0.3) is 0 Å². The molecule has 0 bridgehead atoms. The number of sulfonamides is 1. The van der Waals surface area contributed by atoms with E-state index in [2.05, 4.69) is 4.98 Å². The van der Waals surface area contributed by atoms with Crippen molar-refractivity contribution in [2.45, 2.75) is 16.0 Å². The number of benzene rings is 1. The van der Waals surface area contributed by atoms with Crippen LogP contribution in [0.3, 0.4) is 0 Å².